The zero-order chi connectivity index (χ0) is 18.5. The second-order valence-electron chi connectivity index (χ2n) is 6.08. The van der Waals surface area contributed by atoms with Gasteiger partial charge in [-0.1, -0.05) is 18.2 Å². The lowest BCUT2D eigenvalue weighted by molar-refractivity contribution is -0.384. The number of carbonyl (C=O) groups is 2. The fourth-order valence-corrected chi connectivity index (χ4v) is 1.96. The Morgan fingerprint density at radius 1 is 1.29 bits per heavy atom. The molecular formula is C15H19ClN4O4. The van der Waals surface area contributed by atoms with Crippen LogP contribution >= 0.6 is 11.6 Å². The molecule has 1 aromatic rings. The number of hydrogen-bond donors (Lipinski definition) is 3. The van der Waals surface area contributed by atoms with E-state index < -0.39 is 10.8 Å². The molecule has 2 amide bonds. The summed E-state index contributed by atoms with van der Waals surface area (Å²) in [5.41, 5.74) is 4.64. The van der Waals surface area contributed by atoms with Crippen molar-refractivity contribution in [1.82, 2.24) is 16.2 Å². The predicted octanol–water partition coefficient (Wildman–Crippen LogP) is 2.30. The highest BCUT2D eigenvalue weighted by molar-refractivity contribution is 6.33. The lowest BCUT2D eigenvalue weighted by Gasteiger charge is -2.21. The van der Waals surface area contributed by atoms with E-state index in [1.165, 1.54) is 12.1 Å². The van der Waals surface area contributed by atoms with Crippen molar-refractivity contribution in [3.8, 4) is 0 Å². The molecular weight excluding hydrogens is 336 g/mol. The first-order chi connectivity index (χ1) is 11.0. The predicted molar refractivity (Wildman–Crippen MR) is 90.4 cm³/mol. The summed E-state index contributed by atoms with van der Waals surface area (Å²) in [6, 6.07) is 3.60. The molecule has 0 radical (unpaired) electrons. The van der Waals surface area contributed by atoms with Gasteiger partial charge in [0.15, 0.2) is 0 Å². The summed E-state index contributed by atoms with van der Waals surface area (Å²) >= 11 is 5.75. The van der Waals surface area contributed by atoms with Crippen LogP contribution in [0.3, 0.4) is 0 Å². The number of carbonyl (C=O) groups excluding carboxylic acids is 2. The van der Waals surface area contributed by atoms with E-state index >= 15 is 0 Å². The first-order valence-corrected chi connectivity index (χ1v) is 7.36. The average Bonchev–Trinajstić information content (AvgIpc) is 2.41. The number of hydrazine groups is 1. The van der Waals surface area contributed by atoms with Gasteiger partial charge in [-0.15, -0.1) is 0 Å². The third-order valence-corrected chi connectivity index (χ3v) is 2.95. The van der Waals surface area contributed by atoms with Crippen LogP contribution in [0.4, 0.5) is 5.69 Å². The van der Waals surface area contributed by atoms with E-state index in [2.05, 4.69) is 22.7 Å². The van der Waals surface area contributed by atoms with Crippen molar-refractivity contribution in [3.63, 3.8) is 0 Å². The number of halogens is 1. The first kappa shape index (κ1) is 19.4. The molecule has 0 aromatic heterocycles. The van der Waals surface area contributed by atoms with Crippen LogP contribution in [0.25, 0.3) is 0 Å². The van der Waals surface area contributed by atoms with Crippen molar-refractivity contribution in [2.45, 2.75) is 32.7 Å². The second kappa shape index (κ2) is 7.78. The number of nitrogens with one attached hydrogen (secondary N) is 3. The van der Waals surface area contributed by atoms with Gasteiger partial charge < -0.3 is 10.7 Å². The highest BCUT2D eigenvalue weighted by Gasteiger charge is 2.16. The van der Waals surface area contributed by atoms with Gasteiger partial charge in [0.25, 0.3) is 11.6 Å². The monoisotopic (exact) mass is 354 g/mol. The lowest BCUT2D eigenvalue weighted by atomic mass is 10.1. The standard InChI is InChI=1S/C15H19ClN4O4/c1-9(7-13(21)17-15(2,3)4)18-19-14(22)10-5-6-12(20(23)24)11(16)8-10/h5-6,8,18H,1,7H2,2-4H3,(H,17,21)(H,19,22). The molecule has 9 heteroatoms. The van der Waals surface area contributed by atoms with Crippen molar-refractivity contribution in [3.05, 3.63) is 51.2 Å². The van der Waals surface area contributed by atoms with Gasteiger partial charge in [-0.3, -0.25) is 25.1 Å². The van der Waals surface area contributed by atoms with Crippen LogP contribution < -0.4 is 16.2 Å². The number of hydrogen-bond acceptors (Lipinski definition) is 5. The molecule has 1 aromatic carbocycles. The molecule has 0 unspecified atom stereocenters. The van der Waals surface area contributed by atoms with Gasteiger partial charge in [-0.05, 0) is 32.9 Å². The Bertz CT molecular complexity index is 683. The molecule has 0 saturated heterocycles. The Morgan fingerprint density at radius 3 is 2.42 bits per heavy atom. The van der Waals surface area contributed by atoms with Crippen molar-refractivity contribution >= 4 is 29.1 Å². The van der Waals surface area contributed by atoms with E-state index in [1.54, 1.807) is 0 Å². The van der Waals surface area contributed by atoms with Crippen LogP contribution in [-0.4, -0.2) is 22.3 Å². The third kappa shape index (κ3) is 6.25. The van der Waals surface area contributed by atoms with Crippen LogP contribution in [-0.2, 0) is 4.79 Å². The molecule has 0 spiro atoms. The van der Waals surface area contributed by atoms with E-state index in [-0.39, 0.29) is 39.8 Å². The average molecular weight is 355 g/mol. The summed E-state index contributed by atoms with van der Waals surface area (Å²) in [4.78, 5) is 33.7. The van der Waals surface area contributed by atoms with Crippen molar-refractivity contribution in [2.75, 3.05) is 0 Å². The summed E-state index contributed by atoms with van der Waals surface area (Å²) in [6.07, 6.45) is -0.0153. The maximum Gasteiger partial charge on any atom is 0.287 e. The summed E-state index contributed by atoms with van der Waals surface area (Å²) in [5.74, 6) is -0.809. The largest absolute Gasteiger partial charge is 0.351 e. The van der Waals surface area contributed by atoms with Gasteiger partial charge in [0.1, 0.15) is 5.02 Å². The Kier molecular flexibility index (Phi) is 6.30. The highest BCUT2D eigenvalue weighted by Crippen LogP contribution is 2.24. The minimum atomic E-state index is -0.641. The molecule has 0 aliphatic rings. The lowest BCUT2D eigenvalue weighted by Crippen LogP contribution is -2.42. The van der Waals surface area contributed by atoms with Crippen LogP contribution in [0.15, 0.2) is 30.5 Å². The molecule has 0 heterocycles. The van der Waals surface area contributed by atoms with Gasteiger partial charge in [0.05, 0.1) is 11.3 Å². The number of nitro groups is 1. The topological polar surface area (TPSA) is 113 Å². The zero-order valence-corrected chi connectivity index (χ0v) is 14.4. The zero-order valence-electron chi connectivity index (χ0n) is 13.6. The van der Waals surface area contributed by atoms with E-state index in [9.17, 15) is 19.7 Å². The van der Waals surface area contributed by atoms with Crippen LogP contribution in [0, 0.1) is 10.1 Å². The van der Waals surface area contributed by atoms with Gasteiger partial charge >= 0.3 is 0 Å². The number of rotatable bonds is 6. The molecule has 8 nitrogen and oxygen atoms in total. The smallest absolute Gasteiger partial charge is 0.287 e. The Hall–Kier alpha value is -2.61. The van der Waals surface area contributed by atoms with Gasteiger partial charge in [-0.25, -0.2) is 0 Å². The van der Waals surface area contributed by atoms with Gasteiger partial charge in [0.2, 0.25) is 5.91 Å². The van der Waals surface area contributed by atoms with Gasteiger partial charge in [0, 0.05) is 22.9 Å². The van der Waals surface area contributed by atoms with E-state index in [0.29, 0.717) is 0 Å². The van der Waals surface area contributed by atoms with Crippen molar-refractivity contribution in [2.24, 2.45) is 0 Å². The highest BCUT2D eigenvalue weighted by atomic mass is 35.5. The van der Waals surface area contributed by atoms with E-state index in [1.807, 2.05) is 20.8 Å². The number of nitrogens with zero attached hydrogens (tertiary/aromatic N) is 1. The van der Waals surface area contributed by atoms with Gasteiger partial charge in [-0.2, -0.15) is 0 Å². The molecule has 3 N–H and O–H groups in total. The van der Waals surface area contributed by atoms with Crippen molar-refractivity contribution in [1.29, 1.82) is 0 Å². The summed E-state index contributed by atoms with van der Waals surface area (Å²) in [5, 5.41) is 13.3. The Morgan fingerprint density at radius 2 is 1.92 bits per heavy atom. The number of amides is 2. The summed E-state index contributed by atoms with van der Waals surface area (Å²) < 4.78 is 0. The van der Waals surface area contributed by atoms with E-state index in [0.717, 1.165) is 6.07 Å². The van der Waals surface area contributed by atoms with Crippen LogP contribution in [0.1, 0.15) is 37.6 Å². The molecule has 24 heavy (non-hydrogen) atoms. The van der Waals surface area contributed by atoms with E-state index in [4.69, 9.17) is 11.6 Å². The third-order valence-electron chi connectivity index (χ3n) is 2.65. The normalized spacial score (nSPS) is 10.7. The molecule has 0 saturated carbocycles. The molecule has 0 fully saturated rings. The molecule has 0 atom stereocenters. The first-order valence-electron chi connectivity index (χ1n) is 6.98. The molecule has 130 valence electrons. The number of nitro benzene ring substituents is 1. The fourth-order valence-electron chi connectivity index (χ4n) is 1.71. The molecule has 0 bridgehead atoms. The number of benzene rings is 1. The summed E-state index contributed by atoms with van der Waals surface area (Å²) in [6.45, 7) is 9.19. The summed E-state index contributed by atoms with van der Waals surface area (Å²) in [7, 11) is 0. The maximum atomic E-state index is 12.0. The minimum Gasteiger partial charge on any atom is -0.351 e. The second-order valence-corrected chi connectivity index (χ2v) is 6.49. The maximum absolute atomic E-state index is 12.0. The quantitative estimate of drug-likeness (QED) is 0.535. The Labute approximate surface area is 144 Å². The Balaban J connectivity index is 2.57. The molecule has 0 aliphatic heterocycles. The molecule has 1 rings (SSSR count). The molecule has 0 aliphatic carbocycles. The van der Waals surface area contributed by atoms with Crippen molar-refractivity contribution < 1.29 is 14.5 Å². The van der Waals surface area contributed by atoms with Crippen LogP contribution in [0.2, 0.25) is 5.02 Å². The van der Waals surface area contributed by atoms with Crippen LogP contribution in [0.5, 0.6) is 0 Å². The minimum absolute atomic E-state index is 0.0153. The SMILES string of the molecule is C=C(CC(=O)NC(C)(C)C)NNC(=O)c1ccc([N+](=O)[O-])c(Cl)c1. The fraction of sp³-hybridized carbons (Fsp3) is 0.333.